The second-order valence-corrected chi connectivity index (χ2v) is 4.33. The van der Waals surface area contributed by atoms with Gasteiger partial charge in [0.05, 0.1) is 18.7 Å². The van der Waals surface area contributed by atoms with E-state index >= 15 is 0 Å². The molecule has 1 rings (SSSR count). The molecular weight excluding hydrogens is 228 g/mol. The molecule has 1 aromatic rings. The Morgan fingerprint density at radius 2 is 2.17 bits per heavy atom. The summed E-state index contributed by atoms with van der Waals surface area (Å²) >= 11 is 0. The summed E-state index contributed by atoms with van der Waals surface area (Å²) < 4.78 is 10.4. The third kappa shape index (κ3) is 4.36. The van der Waals surface area contributed by atoms with Crippen LogP contribution in [0.5, 0.6) is 5.75 Å². The first-order valence-electron chi connectivity index (χ1n) is 5.98. The van der Waals surface area contributed by atoms with Crippen molar-refractivity contribution >= 4 is 0 Å². The molecule has 0 saturated heterocycles. The number of benzene rings is 1. The van der Waals surface area contributed by atoms with E-state index in [1.165, 1.54) is 0 Å². The number of ether oxygens (including phenoxy) is 2. The van der Waals surface area contributed by atoms with Gasteiger partial charge < -0.3 is 14.8 Å². The third-order valence-electron chi connectivity index (χ3n) is 2.67. The highest BCUT2D eigenvalue weighted by Gasteiger charge is 2.05. The number of nitrogens with zero attached hydrogens (tertiary/aromatic N) is 1. The largest absolute Gasteiger partial charge is 0.496 e. The summed E-state index contributed by atoms with van der Waals surface area (Å²) in [6.45, 7) is 4.42. The van der Waals surface area contributed by atoms with Crippen molar-refractivity contribution in [1.82, 2.24) is 5.32 Å². The summed E-state index contributed by atoms with van der Waals surface area (Å²) in [6, 6.07) is 7.58. The van der Waals surface area contributed by atoms with Gasteiger partial charge in [0.1, 0.15) is 5.75 Å². The monoisotopic (exact) mass is 248 g/mol. The average molecular weight is 248 g/mol. The highest BCUT2D eigenvalue weighted by Crippen LogP contribution is 2.19. The van der Waals surface area contributed by atoms with Crippen LogP contribution in [0.25, 0.3) is 0 Å². The molecule has 4 nitrogen and oxygen atoms in total. The fourth-order valence-corrected chi connectivity index (χ4v) is 1.78. The summed E-state index contributed by atoms with van der Waals surface area (Å²) in [5, 5.41) is 12.2. The van der Waals surface area contributed by atoms with E-state index in [1.54, 1.807) is 20.3 Å². The molecule has 0 aliphatic carbocycles. The molecule has 0 amide bonds. The SMILES string of the molecule is COCC(C)CNCc1cc(C#N)ccc1OC. The Labute approximate surface area is 109 Å². The molecular formula is C14H20N2O2. The van der Waals surface area contributed by atoms with E-state index in [0.29, 0.717) is 18.0 Å². The molecule has 0 aliphatic rings. The second-order valence-electron chi connectivity index (χ2n) is 4.33. The van der Waals surface area contributed by atoms with Crippen LogP contribution in [0.2, 0.25) is 0 Å². The first-order valence-corrected chi connectivity index (χ1v) is 5.98. The zero-order chi connectivity index (χ0) is 13.4. The van der Waals surface area contributed by atoms with Crippen molar-refractivity contribution in [2.45, 2.75) is 13.5 Å². The quantitative estimate of drug-likeness (QED) is 0.801. The zero-order valence-corrected chi connectivity index (χ0v) is 11.2. The Morgan fingerprint density at radius 1 is 1.39 bits per heavy atom. The second kappa shape index (κ2) is 7.70. The summed E-state index contributed by atoms with van der Waals surface area (Å²) in [6.07, 6.45) is 0. The summed E-state index contributed by atoms with van der Waals surface area (Å²) in [5.74, 6) is 1.26. The Balaban J connectivity index is 2.57. The lowest BCUT2D eigenvalue weighted by Gasteiger charge is -2.13. The minimum Gasteiger partial charge on any atom is -0.496 e. The van der Waals surface area contributed by atoms with E-state index < -0.39 is 0 Å². The van der Waals surface area contributed by atoms with Crippen molar-refractivity contribution in [2.24, 2.45) is 5.92 Å². The topological polar surface area (TPSA) is 54.3 Å². The highest BCUT2D eigenvalue weighted by molar-refractivity contribution is 5.41. The molecule has 1 N–H and O–H groups in total. The van der Waals surface area contributed by atoms with Crippen LogP contribution in [0.1, 0.15) is 18.1 Å². The fraction of sp³-hybridized carbons (Fsp3) is 0.500. The van der Waals surface area contributed by atoms with E-state index in [1.807, 2.05) is 12.1 Å². The van der Waals surface area contributed by atoms with E-state index in [0.717, 1.165) is 24.5 Å². The molecule has 0 aromatic heterocycles. The van der Waals surface area contributed by atoms with Crippen LogP contribution in [-0.4, -0.2) is 27.4 Å². The van der Waals surface area contributed by atoms with Gasteiger partial charge in [-0.25, -0.2) is 0 Å². The van der Waals surface area contributed by atoms with E-state index in [2.05, 4.69) is 18.3 Å². The molecule has 0 heterocycles. The lowest BCUT2D eigenvalue weighted by molar-refractivity contribution is 0.158. The minimum atomic E-state index is 0.458. The van der Waals surface area contributed by atoms with E-state index in [-0.39, 0.29) is 0 Å². The first-order chi connectivity index (χ1) is 8.71. The fourth-order valence-electron chi connectivity index (χ4n) is 1.78. The number of nitrogens with one attached hydrogen (secondary N) is 1. The normalized spacial score (nSPS) is 11.9. The smallest absolute Gasteiger partial charge is 0.123 e. The van der Waals surface area contributed by atoms with Gasteiger partial charge in [-0.2, -0.15) is 5.26 Å². The lowest BCUT2D eigenvalue weighted by atomic mass is 10.1. The van der Waals surface area contributed by atoms with Gasteiger partial charge in [0.25, 0.3) is 0 Å². The van der Waals surface area contributed by atoms with Gasteiger partial charge >= 0.3 is 0 Å². The molecule has 0 aliphatic heterocycles. The predicted octanol–water partition coefficient (Wildman–Crippen LogP) is 1.94. The van der Waals surface area contributed by atoms with Gasteiger partial charge in [-0.3, -0.25) is 0 Å². The van der Waals surface area contributed by atoms with Crippen LogP contribution in [0.4, 0.5) is 0 Å². The Hall–Kier alpha value is -1.57. The molecule has 0 saturated carbocycles. The lowest BCUT2D eigenvalue weighted by Crippen LogP contribution is -2.23. The maximum atomic E-state index is 8.88. The molecule has 18 heavy (non-hydrogen) atoms. The predicted molar refractivity (Wildman–Crippen MR) is 70.5 cm³/mol. The van der Waals surface area contributed by atoms with Crippen molar-refractivity contribution in [3.8, 4) is 11.8 Å². The zero-order valence-electron chi connectivity index (χ0n) is 11.2. The van der Waals surface area contributed by atoms with Crippen LogP contribution in [-0.2, 0) is 11.3 Å². The number of rotatable bonds is 7. The minimum absolute atomic E-state index is 0.458. The molecule has 0 spiro atoms. The molecule has 0 bridgehead atoms. The van der Waals surface area contributed by atoms with E-state index in [9.17, 15) is 0 Å². The number of nitriles is 1. The summed E-state index contributed by atoms with van der Waals surface area (Å²) in [5.41, 5.74) is 1.65. The molecule has 98 valence electrons. The molecule has 1 aromatic carbocycles. The van der Waals surface area contributed by atoms with Crippen LogP contribution in [0.15, 0.2) is 18.2 Å². The van der Waals surface area contributed by atoms with Gasteiger partial charge in [0.2, 0.25) is 0 Å². The van der Waals surface area contributed by atoms with Gasteiger partial charge in [-0.15, -0.1) is 0 Å². The van der Waals surface area contributed by atoms with Crippen molar-refractivity contribution in [2.75, 3.05) is 27.4 Å². The van der Waals surface area contributed by atoms with Crippen LogP contribution >= 0.6 is 0 Å². The van der Waals surface area contributed by atoms with Crippen LogP contribution < -0.4 is 10.1 Å². The maximum absolute atomic E-state index is 8.88. The molecule has 0 radical (unpaired) electrons. The number of hydrogen-bond donors (Lipinski definition) is 1. The van der Waals surface area contributed by atoms with Crippen molar-refractivity contribution in [3.05, 3.63) is 29.3 Å². The van der Waals surface area contributed by atoms with Crippen LogP contribution in [0, 0.1) is 17.2 Å². The van der Waals surface area contributed by atoms with Crippen molar-refractivity contribution in [1.29, 1.82) is 5.26 Å². The Morgan fingerprint density at radius 3 is 2.78 bits per heavy atom. The van der Waals surface area contributed by atoms with Crippen molar-refractivity contribution < 1.29 is 9.47 Å². The molecule has 1 atom stereocenters. The van der Waals surface area contributed by atoms with Crippen LogP contribution in [0.3, 0.4) is 0 Å². The molecule has 0 fully saturated rings. The number of methoxy groups -OCH3 is 2. The Kier molecular flexibility index (Phi) is 6.20. The highest BCUT2D eigenvalue weighted by atomic mass is 16.5. The first kappa shape index (κ1) is 14.5. The van der Waals surface area contributed by atoms with Gasteiger partial charge in [-0.05, 0) is 24.1 Å². The molecule has 4 heteroatoms. The van der Waals surface area contributed by atoms with Gasteiger partial charge in [0, 0.05) is 32.4 Å². The molecule has 1 unspecified atom stereocenters. The van der Waals surface area contributed by atoms with Crippen molar-refractivity contribution in [3.63, 3.8) is 0 Å². The third-order valence-corrected chi connectivity index (χ3v) is 2.67. The summed E-state index contributed by atoms with van der Waals surface area (Å²) in [7, 11) is 3.34. The van der Waals surface area contributed by atoms with Gasteiger partial charge in [0.15, 0.2) is 0 Å². The van der Waals surface area contributed by atoms with Gasteiger partial charge in [-0.1, -0.05) is 6.92 Å². The standard InChI is InChI=1S/C14H20N2O2/c1-11(10-17-2)8-16-9-13-6-12(7-15)4-5-14(13)18-3/h4-6,11,16H,8-10H2,1-3H3. The Bertz CT molecular complexity index is 413. The maximum Gasteiger partial charge on any atom is 0.123 e. The number of hydrogen-bond acceptors (Lipinski definition) is 4. The summed E-state index contributed by atoms with van der Waals surface area (Å²) in [4.78, 5) is 0. The average Bonchev–Trinajstić information content (AvgIpc) is 2.39. The van der Waals surface area contributed by atoms with E-state index in [4.69, 9.17) is 14.7 Å².